The van der Waals surface area contributed by atoms with Gasteiger partial charge in [0.15, 0.2) is 0 Å². The van der Waals surface area contributed by atoms with Gasteiger partial charge >= 0.3 is 5.82 Å². The first-order valence-electron chi connectivity index (χ1n) is 6.72. The fraction of sp³-hybridized carbons (Fsp3) is 0.583. The minimum Gasteiger partial charge on any atom is -0.358 e. The van der Waals surface area contributed by atoms with E-state index in [4.69, 9.17) is 0 Å². The van der Waals surface area contributed by atoms with E-state index in [0.29, 0.717) is 16.8 Å². The summed E-state index contributed by atoms with van der Waals surface area (Å²) in [5, 5.41) is 16.5. The molecule has 3 rings (SSSR count). The van der Waals surface area contributed by atoms with Crippen molar-refractivity contribution in [1.29, 1.82) is 0 Å². The van der Waals surface area contributed by atoms with E-state index in [1.54, 1.807) is 10.6 Å². The number of nitro groups is 1. The fourth-order valence-electron chi connectivity index (χ4n) is 2.73. The molecule has 20 heavy (non-hydrogen) atoms. The molecule has 1 atom stereocenters. The number of hydrogen-bond acceptors (Lipinski definition) is 6. The molecule has 0 bridgehead atoms. The Morgan fingerprint density at radius 1 is 1.55 bits per heavy atom. The van der Waals surface area contributed by atoms with Crippen molar-refractivity contribution < 1.29 is 4.92 Å². The van der Waals surface area contributed by atoms with Crippen molar-refractivity contribution in [3.05, 3.63) is 21.7 Å². The lowest BCUT2D eigenvalue weighted by Gasteiger charge is -2.26. The average molecular weight is 295 g/mol. The van der Waals surface area contributed by atoms with E-state index < -0.39 is 0 Å². The highest BCUT2D eigenvalue weighted by molar-refractivity contribution is 7.15. The summed E-state index contributed by atoms with van der Waals surface area (Å²) in [4.78, 5) is 18.1. The first-order valence-corrected chi connectivity index (χ1v) is 7.60. The zero-order chi connectivity index (χ0) is 14.1. The predicted molar refractivity (Wildman–Crippen MR) is 78.6 cm³/mol. The van der Waals surface area contributed by atoms with Gasteiger partial charge in [0.1, 0.15) is 6.20 Å². The van der Waals surface area contributed by atoms with E-state index in [1.807, 2.05) is 17.3 Å². The molecule has 3 heterocycles. The quantitative estimate of drug-likeness (QED) is 0.691. The van der Waals surface area contributed by atoms with Gasteiger partial charge in [-0.05, 0) is 37.3 Å². The van der Waals surface area contributed by atoms with Crippen molar-refractivity contribution in [2.45, 2.75) is 25.3 Å². The molecule has 0 amide bonds. The number of nitrogens with zero attached hydrogens (tertiary/aromatic N) is 4. The Morgan fingerprint density at radius 2 is 2.40 bits per heavy atom. The highest BCUT2D eigenvalue weighted by Gasteiger charge is 2.29. The first-order chi connectivity index (χ1) is 9.68. The minimum atomic E-state index is -0.340. The van der Waals surface area contributed by atoms with Crippen molar-refractivity contribution in [1.82, 2.24) is 14.7 Å². The molecule has 1 unspecified atom stereocenters. The van der Waals surface area contributed by atoms with Gasteiger partial charge in [-0.15, -0.1) is 0 Å². The lowest BCUT2D eigenvalue weighted by atomic mass is 10.1. The maximum atomic E-state index is 11.4. The molecule has 1 fully saturated rings. The largest absolute Gasteiger partial charge is 0.373 e. The average Bonchev–Trinajstić information content (AvgIpc) is 2.88. The van der Waals surface area contributed by atoms with Crippen LogP contribution in [0.2, 0.25) is 0 Å². The van der Waals surface area contributed by atoms with Crippen LogP contribution in [0.15, 0.2) is 11.6 Å². The summed E-state index contributed by atoms with van der Waals surface area (Å²) in [5.74, 6) is 0.551. The number of anilines is 1. The lowest BCUT2D eigenvalue weighted by Crippen LogP contribution is -2.33. The number of nitrogens with one attached hydrogen (secondary N) is 1. The summed E-state index contributed by atoms with van der Waals surface area (Å²) in [5.41, 5.74) is 0. The molecule has 108 valence electrons. The third-order valence-electron chi connectivity index (χ3n) is 3.82. The van der Waals surface area contributed by atoms with Crippen molar-refractivity contribution >= 4 is 27.9 Å². The SMILES string of the molecule is CN(c1nc2sccn2c1[N+](=O)[O-])C1CCCNCC1. The zero-order valence-corrected chi connectivity index (χ0v) is 12.1. The van der Waals surface area contributed by atoms with Gasteiger partial charge in [0.25, 0.3) is 4.96 Å². The van der Waals surface area contributed by atoms with Gasteiger partial charge < -0.3 is 20.3 Å². The van der Waals surface area contributed by atoms with Crippen LogP contribution >= 0.6 is 11.3 Å². The third kappa shape index (κ3) is 2.25. The van der Waals surface area contributed by atoms with E-state index in [-0.39, 0.29) is 10.7 Å². The standard InChI is InChI=1S/C12H17N5O2S/c1-15(9-3-2-5-13-6-4-9)10-11(17(18)19)16-7-8-20-12(16)14-10/h7-9,13H,2-6H2,1H3. The van der Waals surface area contributed by atoms with Crippen LogP contribution in [-0.4, -0.2) is 40.5 Å². The Labute approximate surface area is 120 Å². The van der Waals surface area contributed by atoms with Gasteiger partial charge in [0.05, 0.1) is 0 Å². The lowest BCUT2D eigenvalue weighted by molar-refractivity contribution is -0.389. The number of hydrogen-bond donors (Lipinski definition) is 1. The Morgan fingerprint density at radius 3 is 3.20 bits per heavy atom. The van der Waals surface area contributed by atoms with Crippen LogP contribution in [0.3, 0.4) is 0 Å². The Hall–Kier alpha value is -1.67. The van der Waals surface area contributed by atoms with Crippen LogP contribution in [0.4, 0.5) is 11.6 Å². The smallest absolute Gasteiger partial charge is 0.358 e. The van der Waals surface area contributed by atoms with Crippen LogP contribution in [0.1, 0.15) is 19.3 Å². The summed E-state index contributed by atoms with van der Waals surface area (Å²) in [6.07, 6.45) is 4.81. The van der Waals surface area contributed by atoms with Gasteiger partial charge in [0, 0.05) is 18.5 Å². The molecule has 0 spiro atoms. The second kappa shape index (κ2) is 5.37. The van der Waals surface area contributed by atoms with Crippen LogP contribution < -0.4 is 10.2 Å². The Kier molecular flexibility index (Phi) is 3.58. The molecule has 7 nitrogen and oxygen atoms in total. The maximum Gasteiger partial charge on any atom is 0.373 e. The Bertz CT molecular complexity index is 614. The molecule has 0 aromatic carbocycles. The van der Waals surface area contributed by atoms with Gasteiger partial charge in [-0.25, -0.2) is 0 Å². The van der Waals surface area contributed by atoms with E-state index in [2.05, 4.69) is 10.3 Å². The predicted octanol–water partition coefficient (Wildman–Crippen LogP) is 1.88. The van der Waals surface area contributed by atoms with E-state index in [1.165, 1.54) is 11.3 Å². The first kappa shape index (κ1) is 13.3. The third-order valence-corrected chi connectivity index (χ3v) is 4.58. The highest BCUT2D eigenvalue weighted by Crippen LogP contribution is 2.32. The van der Waals surface area contributed by atoms with E-state index in [9.17, 15) is 10.1 Å². The second-order valence-corrected chi connectivity index (χ2v) is 5.89. The topological polar surface area (TPSA) is 75.7 Å². The van der Waals surface area contributed by atoms with Crippen LogP contribution in [0.25, 0.3) is 4.96 Å². The second-order valence-electron chi connectivity index (χ2n) is 5.02. The molecule has 1 N–H and O–H groups in total. The number of imidazole rings is 1. The van der Waals surface area contributed by atoms with E-state index in [0.717, 1.165) is 32.4 Å². The van der Waals surface area contributed by atoms with Gasteiger partial charge in [-0.3, -0.25) is 0 Å². The van der Waals surface area contributed by atoms with Crippen molar-refractivity contribution in [2.24, 2.45) is 0 Å². The molecule has 1 aliphatic rings. The molecular weight excluding hydrogens is 278 g/mol. The van der Waals surface area contributed by atoms with Crippen LogP contribution in [-0.2, 0) is 0 Å². The van der Waals surface area contributed by atoms with Gasteiger partial charge in [-0.2, -0.15) is 9.38 Å². The summed E-state index contributed by atoms with van der Waals surface area (Å²) >= 11 is 1.42. The van der Waals surface area contributed by atoms with Gasteiger partial charge in [0.2, 0.25) is 5.82 Å². The normalized spacial score (nSPS) is 19.9. The monoisotopic (exact) mass is 295 g/mol. The van der Waals surface area contributed by atoms with Crippen LogP contribution in [0.5, 0.6) is 0 Å². The molecule has 8 heteroatoms. The molecule has 1 aliphatic heterocycles. The Balaban J connectivity index is 1.97. The highest BCUT2D eigenvalue weighted by atomic mass is 32.1. The molecule has 0 saturated carbocycles. The van der Waals surface area contributed by atoms with Crippen molar-refractivity contribution in [3.8, 4) is 0 Å². The summed E-state index contributed by atoms with van der Waals surface area (Å²) in [6, 6.07) is 0.299. The van der Waals surface area contributed by atoms with Crippen molar-refractivity contribution in [2.75, 3.05) is 25.0 Å². The van der Waals surface area contributed by atoms with Crippen LogP contribution in [0, 0.1) is 10.1 Å². The molecule has 0 radical (unpaired) electrons. The van der Waals surface area contributed by atoms with Gasteiger partial charge in [-0.1, -0.05) is 11.3 Å². The maximum absolute atomic E-state index is 11.4. The number of thiazole rings is 1. The molecule has 2 aromatic rings. The summed E-state index contributed by atoms with van der Waals surface area (Å²) in [7, 11) is 1.91. The zero-order valence-electron chi connectivity index (χ0n) is 11.3. The molecule has 0 aliphatic carbocycles. The summed E-state index contributed by atoms with van der Waals surface area (Å²) < 4.78 is 1.56. The molecule has 1 saturated heterocycles. The van der Waals surface area contributed by atoms with Crippen molar-refractivity contribution in [3.63, 3.8) is 0 Å². The fourth-order valence-corrected chi connectivity index (χ4v) is 3.43. The molecule has 2 aromatic heterocycles. The summed E-state index contributed by atoms with van der Waals surface area (Å²) in [6.45, 7) is 1.97. The minimum absolute atomic E-state index is 0.0703. The number of aromatic nitrogens is 2. The number of fused-ring (bicyclic) bond motifs is 1. The molecular formula is C12H17N5O2S. The van der Waals surface area contributed by atoms with E-state index >= 15 is 0 Å². The number of rotatable bonds is 3.